The van der Waals surface area contributed by atoms with Crippen LogP contribution < -0.4 is 5.32 Å². The molecule has 8 heteroatoms. The van der Waals surface area contributed by atoms with E-state index in [0.29, 0.717) is 34.7 Å². The van der Waals surface area contributed by atoms with Gasteiger partial charge in [0.1, 0.15) is 0 Å². The largest absolute Gasteiger partial charge is 0.356 e. The summed E-state index contributed by atoms with van der Waals surface area (Å²) in [5, 5.41) is 12.6. The number of allylic oxidation sites excluding steroid dienone is 1. The molecule has 3 rings (SSSR count). The molecule has 1 N–H and O–H groups in total. The second-order valence-corrected chi connectivity index (χ2v) is 8.23. The van der Waals surface area contributed by atoms with Crippen molar-refractivity contribution in [3.63, 3.8) is 0 Å². The van der Waals surface area contributed by atoms with Gasteiger partial charge in [-0.25, -0.2) is 0 Å². The Kier molecular flexibility index (Phi) is 8.03. The Morgan fingerprint density at radius 2 is 1.84 bits per heavy atom. The second-order valence-electron chi connectivity index (χ2n) is 6.85. The Morgan fingerprint density at radius 3 is 2.48 bits per heavy atom. The SMILES string of the molecule is C=CCn1c(SCC(=O)c2ccc(CCNC(C)=O)cc2)nnc1-c1ccc(Cl)cc1. The Labute approximate surface area is 190 Å². The molecule has 160 valence electrons. The Hall–Kier alpha value is -2.90. The van der Waals surface area contributed by atoms with Crippen LogP contribution in [-0.2, 0) is 17.8 Å². The summed E-state index contributed by atoms with van der Waals surface area (Å²) in [6, 6.07) is 14.9. The van der Waals surface area contributed by atoms with Crippen molar-refractivity contribution in [1.82, 2.24) is 20.1 Å². The van der Waals surface area contributed by atoms with Gasteiger partial charge >= 0.3 is 0 Å². The van der Waals surface area contributed by atoms with E-state index in [-0.39, 0.29) is 17.4 Å². The zero-order valence-electron chi connectivity index (χ0n) is 17.2. The van der Waals surface area contributed by atoms with E-state index in [0.717, 1.165) is 17.5 Å². The van der Waals surface area contributed by atoms with Crippen molar-refractivity contribution in [2.24, 2.45) is 0 Å². The van der Waals surface area contributed by atoms with E-state index >= 15 is 0 Å². The number of Topliss-reactive ketones (excluding diaryl/α,β-unsaturated/α-hetero) is 1. The number of hydrogen-bond donors (Lipinski definition) is 1. The first kappa shape index (κ1) is 22.8. The highest BCUT2D eigenvalue weighted by Gasteiger charge is 2.15. The second kappa shape index (κ2) is 10.9. The van der Waals surface area contributed by atoms with Crippen molar-refractivity contribution in [2.45, 2.75) is 25.0 Å². The standard InChI is InChI=1S/C23H23ClN4O2S/c1-3-14-28-22(19-8-10-20(24)11-9-19)26-27-23(28)31-15-21(30)18-6-4-17(5-7-18)12-13-25-16(2)29/h3-11H,1,12-15H2,2H3,(H,25,29). The summed E-state index contributed by atoms with van der Waals surface area (Å²) in [6.07, 6.45) is 2.50. The van der Waals surface area contributed by atoms with E-state index in [1.165, 1.54) is 18.7 Å². The van der Waals surface area contributed by atoms with Crippen molar-refractivity contribution in [2.75, 3.05) is 12.3 Å². The molecule has 1 amide bonds. The highest BCUT2D eigenvalue weighted by Crippen LogP contribution is 2.25. The van der Waals surface area contributed by atoms with Gasteiger partial charge in [0.2, 0.25) is 5.91 Å². The number of carbonyl (C=O) groups is 2. The lowest BCUT2D eigenvalue weighted by molar-refractivity contribution is -0.118. The van der Waals surface area contributed by atoms with Gasteiger partial charge in [0.25, 0.3) is 0 Å². The van der Waals surface area contributed by atoms with E-state index in [1.54, 1.807) is 18.2 Å². The minimum Gasteiger partial charge on any atom is -0.356 e. The van der Waals surface area contributed by atoms with Gasteiger partial charge < -0.3 is 5.32 Å². The number of aromatic nitrogens is 3. The van der Waals surface area contributed by atoms with Gasteiger partial charge in [-0.05, 0) is 36.2 Å². The molecule has 0 aliphatic heterocycles. The molecule has 0 aliphatic carbocycles. The van der Waals surface area contributed by atoms with Gasteiger partial charge in [0, 0.05) is 36.2 Å². The summed E-state index contributed by atoms with van der Waals surface area (Å²) in [5.41, 5.74) is 2.60. The molecule has 1 aromatic heterocycles. The smallest absolute Gasteiger partial charge is 0.216 e. The number of halogens is 1. The fourth-order valence-electron chi connectivity index (χ4n) is 2.96. The summed E-state index contributed by atoms with van der Waals surface area (Å²) in [4.78, 5) is 23.6. The Morgan fingerprint density at radius 1 is 1.13 bits per heavy atom. The minimum absolute atomic E-state index is 0.0135. The number of thioether (sulfide) groups is 1. The highest BCUT2D eigenvalue weighted by molar-refractivity contribution is 7.99. The monoisotopic (exact) mass is 454 g/mol. The van der Waals surface area contributed by atoms with Crippen LogP contribution in [0.4, 0.5) is 0 Å². The van der Waals surface area contributed by atoms with Crippen LogP contribution in [0.25, 0.3) is 11.4 Å². The molecule has 0 fully saturated rings. The van der Waals surface area contributed by atoms with E-state index < -0.39 is 0 Å². The van der Waals surface area contributed by atoms with Gasteiger partial charge in [0.15, 0.2) is 16.8 Å². The number of benzene rings is 2. The molecule has 1 heterocycles. The number of nitrogens with one attached hydrogen (secondary N) is 1. The third kappa shape index (κ3) is 6.29. The molecular weight excluding hydrogens is 432 g/mol. The first-order chi connectivity index (χ1) is 15.0. The van der Waals surface area contributed by atoms with Gasteiger partial charge in [-0.2, -0.15) is 0 Å². The summed E-state index contributed by atoms with van der Waals surface area (Å²) in [5.74, 6) is 0.920. The van der Waals surface area contributed by atoms with E-state index in [1.807, 2.05) is 41.0 Å². The predicted octanol–water partition coefficient (Wildman–Crippen LogP) is 4.44. The zero-order valence-corrected chi connectivity index (χ0v) is 18.7. The quantitative estimate of drug-likeness (QED) is 0.278. The van der Waals surface area contributed by atoms with Gasteiger partial charge in [-0.3, -0.25) is 14.2 Å². The van der Waals surface area contributed by atoms with Crippen LogP contribution in [0.5, 0.6) is 0 Å². The fourth-order valence-corrected chi connectivity index (χ4v) is 3.92. The zero-order chi connectivity index (χ0) is 22.2. The normalized spacial score (nSPS) is 10.6. The van der Waals surface area contributed by atoms with Crippen LogP contribution >= 0.6 is 23.4 Å². The molecule has 3 aromatic rings. The molecule has 0 saturated carbocycles. The maximum Gasteiger partial charge on any atom is 0.216 e. The van der Waals surface area contributed by atoms with E-state index in [4.69, 9.17) is 11.6 Å². The van der Waals surface area contributed by atoms with Crippen LogP contribution in [0.2, 0.25) is 5.02 Å². The van der Waals surface area contributed by atoms with Crippen LogP contribution in [-0.4, -0.2) is 38.8 Å². The maximum absolute atomic E-state index is 12.6. The van der Waals surface area contributed by atoms with Crippen LogP contribution in [0.15, 0.2) is 66.3 Å². The van der Waals surface area contributed by atoms with E-state index in [2.05, 4.69) is 22.1 Å². The number of nitrogens with zero attached hydrogens (tertiary/aromatic N) is 3. The Balaban J connectivity index is 1.65. The maximum atomic E-state index is 12.6. The van der Waals surface area contributed by atoms with Gasteiger partial charge in [-0.15, -0.1) is 16.8 Å². The first-order valence-corrected chi connectivity index (χ1v) is 11.1. The predicted molar refractivity (Wildman–Crippen MR) is 125 cm³/mol. The molecule has 6 nitrogen and oxygen atoms in total. The van der Waals surface area contributed by atoms with Crippen molar-refractivity contribution in [1.29, 1.82) is 0 Å². The number of carbonyl (C=O) groups excluding carboxylic acids is 2. The molecule has 0 atom stereocenters. The van der Waals surface area contributed by atoms with Gasteiger partial charge in [0.05, 0.1) is 5.75 Å². The lowest BCUT2D eigenvalue weighted by atomic mass is 10.1. The molecule has 0 saturated heterocycles. The first-order valence-electron chi connectivity index (χ1n) is 9.77. The van der Waals surface area contributed by atoms with Crippen molar-refractivity contribution >= 4 is 35.1 Å². The number of amides is 1. The van der Waals surface area contributed by atoms with E-state index in [9.17, 15) is 9.59 Å². The lowest BCUT2D eigenvalue weighted by Crippen LogP contribution is -2.22. The summed E-state index contributed by atoms with van der Waals surface area (Å²) < 4.78 is 1.93. The number of hydrogen-bond acceptors (Lipinski definition) is 5. The number of ketones is 1. The molecule has 0 spiro atoms. The number of rotatable bonds is 10. The van der Waals surface area contributed by atoms with Crippen LogP contribution in [0.3, 0.4) is 0 Å². The third-order valence-corrected chi connectivity index (χ3v) is 5.75. The fraction of sp³-hybridized carbons (Fsp3) is 0.217. The molecule has 2 aromatic carbocycles. The van der Waals surface area contributed by atoms with Crippen LogP contribution in [0, 0.1) is 0 Å². The van der Waals surface area contributed by atoms with Crippen LogP contribution in [0.1, 0.15) is 22.8 Å². The summed E-state index contributed by atoms with van der Waals surface area (Å²) in [7, 11) is 0. The molecule has 0 radical (unpaired) electrons. The van der Waals surface area contributed by atoms with Gasteiger partial charge in [-0.1, -0.05) is 53.7 Å². The van der Waals surface area contributed by atoms with Crippen molar-refractivity contribution < 1.29 is 9.59 Å². The highest BCUT2D eigenvalue weighted by atomic mass is 35.5. The molecule has 0 unspecified atom stereocenters. The Bertz CT molecular complexity index is 1060. The molecule has 31 heavy (non-hydrogen) atoms. The minimum atomic E-state index is -0.0488. The lowest BCUT2D eigenvalue weighted by Gasteiger charge is -2.08. The van der Waals surface area contributed by atoms with Crippen molar-refractivity contribution in [3.05, 3.63) is 77.3 Å². The molecular formula is C23H23ClN4O2S. The average Bonchev–Trinajstić information content (AvgIpc) is 3.15. The molecule has 0 aliphatic rings. The van der Waals surface area contributed by atoms with Crippen molar-refractivity contribution in [3.8, 4) is 11.4 Å². The topological polar surface area (TPSA) is 76.9 Å². The summed E-state index contributed by atoms with van der Waals surface area (Å²) >= 11 is 7.33. The average molecular weight is 455 g/mol. The molecule has 0 bridgehead atoms. The third-order valence-electron chi connectivity index (χ3n) is 4.53. The summed E-state index contributed by atoms with van der Waals surface area (Å²) in [6.45, 7) is 6.41.